The lowest BCUT2D eigenvalue weighted by Gasteiger charge is -2.04. The molecule has 0 fully saturated rings. The average Bonchev–Trinajstić information content (AvgIpc) is 2.46. The van der Waals surface area contributed by atoms with Gasteiger partial charge >= 0.3 is 0 Å². The molecule has 2 rings (SSSR count). The number of carbonyl (C=O) groups excluding carboxylic acids is 1. The fourth-order valence-electron chi connectivity index (χ4n) is 1.64. The quantitative estimate of drug-likeness (QED) is 0.620. The summed E-state index contributed by atoms with van der Waals surface area (Å²) in [6, 6.07) is 14.3. The minimum Gasteiger partial charge on any atom is -0.497 e. The van der Waals surface area contributed by atoms with Gasteiger partial charge in [-0.05, 0) is 17.7 Å². The Morgan fingerprint density at radius 2 is 1.83 bits per heavy atom. The largest absolute Gasteiger partial charge is 0.497 e. The molecule has 0 aliphatic rings. The van der Waals surface area contributed by atoms with E-state index in [-0.39, 0.29) is 5.78 Å². The van der Waals surface area contributed by atoms with Gasteiger partial charge in [-0.3, -0.25) is 4.79 Å². The fraction of sp³-hybridized carbons (Fsp3) is 0.0667. The highest BCUT2D eigenvalue weighted by molar-refractivity contribution is 7.79. The Labute approximate surface area is 111 Å². The predicted molar refractivity (Wildman–Crippen MR) is 75.6 cm³/mol. The van der Waals surface area contributed by atoms with E-state index in [1.54, 1.807) is 42.8 Å². The van der Waals surface area contributed by atoms with E-state index >= 15 is 0 Å². The molecule has 2 nitrogen and oxygen atoms in total. The van der Waals surface area contributed by atoms with Crippen LogP contribution in [-0.4, -0.2) is 18.3 Å². The summed E-state index contributed by atoms with van der Waals surface area (Å²) in [4.78, 5) is 12.2. The lowest BCUT2D eigenvalue weighted by atomic mass is 10.0. The maximum atomic E-state index is 12.2. The van der Waals surface area contributed by atoms with Crippen LogP contribution in [0.1, 0.15) is 21.5 Å². The maximum absolute atomic E-state index is 12.2. The van der Waals surface area contributed by atoms with Crippen molar-refractivity contribution in [1.29, 1.82) is 0 Å². The summed E-state index contributed by atoms with van der Waals surface area (Å²) in [6.45, 7) is 0. The second-order valence-electron chi connectivity index (χ2n) is 3.80. The molecule has 0 saturated carbocycles. The van der Waals surface area contributed by atoms with E-state index in [0.717, 1.165) is 5.56 Å². The van der Waals surface area contributed by atoms with Crippen LogP contribution in [0.3, 0.4) is 0 Å². The van der Waals surface area contributed by atoms with Crippen LogP contribution >= 0.6 is 12.2 Å². The summed E-state index contributed by atoms with van der Waals surface area (Å²) in [5.41, 5.74) is 2.18. The molecule has 2 aromatic carbocycles. The number of thiocarbonyl (C=S) groups is 1. The van der Waals surface area contributed by atoms with Crippen LogP contribution < -0.4 is 4.74 Å². The second-order valence-corrected chi connectivity index (χ2v) is 4.04. The van der Waals surface area contributed by atoms with Gasteiger partial charge in [-0.15, -0.1) is 0 Å². The number of methoxy groups -OCH3 is 1. The second kappa shape index (κ2) is 5.56. The number of hydrogen-bond acceptors (Lipinski definition) is 3. The number of rotatable bonds is 4. The number of carbonyl (C=O) groups is 1. The Morgan fingerprint density at radius 1 is 1.11 bits per heavy atom. The van der Waals surface area contributed by atoms with Crippen molar-refractivity contribution < 1.29 is 9.53 Å². The molecule has 0 spiro atoms. The zero-order valence-electron chi connectivity index (χ0n) is 9.92. The van der Waals surface area contributed by atoms with Gasteiger partial charge in [0, 0.05) is 16.5 Å². The highest BCUT2D eigenvalue weighted by Gasteiger charge is 2.09. The highest BCUT2D eigenvalue weighted by atomic mass is 32.1. The first-order valence-electron chi connectivity index (χ1n) is 5.48. The third-order valence-corrected chi connectivity index (χ3v) is 2.91. The van der Waals surface area contributed by atoms with Gasteiger partial charge < -0.3 is 4.74 Å². The molecule has 3 heteroatoms. The van der Waals surface area contributed by atoms with Crippen molar-refractivity contribution in [3.05, 3.63) is 65.2 Å². The molecule has 0 radical (unpaired) electrons. The molecule has 0 aliphatic heterocycles. The third-order valence-electron chi connectivity index (χ3n) is 2.64. The first kappa shape index (κ1) is 12.5. The molecular formula is C15H12O2S. The molecular weight excluding hydrogens is 244 g/mol. The molecule has 0 aromatic heterocycles. The SMILES string of the molecule is COc1cccc(C(=O)c2ccc(C=S)cc2)c1. The zero-order valence-corrected chi connectivity index (χ0v) is 10.7. The van der Waals surface area contributed by atoms with Crippen molar-refractivity contribution in [2.75, 3.05) is 7.11 Å². The maximum Gasteiger partial charge on any atom is 0.193 e. The van der Waals surface area contributed by atoms with Gasteiger partial charge in [-0.25, -0.2) is 0 Å². The Kier molecular flexibility index (Phi) is 3.85. The Morgan fingerprint density at radius 3 is 2.44 bits per heavy atom. The molecule has 18 heavy (non-hydrogen) atoms. The van der Waals surface area contributed by atoms with Gasteiger partial charge in [0.15, 0.2) is 5.78 Å². The molecule has 0 aliphatic carbocycles. The summed E-state index contributed by atoms with van der Waals surface area (Å²) < 4.78 is 5.11. The average molecular weight is 256 g/mol. The van der Waals surface area contributed by atoms with Gasteiger partial charge in [-0.2, -0.15) is 0 Å². The summed E-state index contributed by atoms with van der Waals surface area (Å²) in [5, 5.41) is 1.58. The Bertz CT molecular complexity index is 573. The molecule has 0 N–H and O–H groups in total. The number of ether oxygens (including phenoxy) is 1. The lowest BCUT2D eigenvalue weighted by molar-refractivity contribution is 0.103. The molecule has 0 heterocycles. The number of benzene rings is 2. The minimum atomic E-state index is -0.0233. The summed E-state index contributed by atoms with van der Waals surface area (Å²) in [7, 11) is 1.58. The van der Waals surface area contributed by atoms with Crippen molar-refractivity contribution in [1.82, 2.24) is 0 Å². The van der Waals surface area contributed by atoms with E-state index in [4.69, 9.17) is 17.0 Å². The predicted octanol–water partition coefficient (Wildman–Crippen LogP) is 3.27. The van der Waals surface area contributed by atoms with Crippen LogP contribution in [0.4, 0.5) is 0 Å². The molecule has 2 aromatic rings. The Hall–Kier alpha value is -2.00. The van der Waals surface area contributed by atoms with Gasteiger partial charge in [0.25, 0.3) is 0 Å². The van der Waals surface area contributed by atoms with Crippen LogP contribution in [0.15, 0.2) is 48.5 Å². The first-order valence-corrected chi connectivity index (χ1v) is 5.96. The topological polar surface area (TPSA) is 26.3 Å². The van der Waals surface area contributed by atoms with Crippen molar-refractivity contribution in [2.24, 2.45) is 0 Å². The van der Waals surface area contributed by atoms with Crippen molar-refractivity contribution in [3.63, 3.8) is 0 Å². The normalized spacial score (nSPS) is 9.83. The van der Waals surface area contributed by atoms with Crippen LogP contribution in [-0.2, 0) is 0 Å². The van der Waals surface area contributed by atoms with Gasteiger partial charge in [0.1, 0.15) is 5.75 Å². The summed E-state index contributed by atoms with van der Waals surface area (Å²) >= 11 is 4.83. The first-order chi connectivity index (χ1) is 8.74. The van der Waals surface area contributed by atoms with Crippen LogP contribution in [0.25, 0.3) is 0 Å². The standard InChI is InChI=1S/C15H12O2S/c1-17-14-4-2-3-13(9-14)15(16)12-7-5-11(10-18)6-8-12/h2-10H,1H3. The van der Waals surface area contributed by atoms with Gasteiger partial charge in [0.05, 0.1) is 7.11 Å². The summed E-state index contributed by atoms with van der Waals surface area (Å²) in [5.74, 6) is 0.654. The van der Waals surface area contributed by atoms with Crippen LogP contribution in [0.5, 0.6) is 5.75 Å². The Balaban J connectivity index is 2.31. The van der Waals surface area contributed by atoms with Gasteiger partial charge in [-0.1, -0.05) is 48.6 Å². The molecule has 90 valence electrons. The molecule has 0 atom stereocenters. The molecule has 0 saturated heterocycles. The minimum absolute atomic E-state index is 0.0233. The highest BCUT2D eigenvalue weighted by Crippen LogP contribution is 2.16. The monoisotopic (exact) mass is 256 g/mol. The third kappa shape index (κ3) is 2.63. The van der Waals surface area contributed by atoms with Gasteiger partial charge in [0.2, 0.25) is 0 Å². The lowest BCUT2D eigenvalue weighted by Crippen LogP contribution is -2.01. The summed E-state index contributed by atoms with van der Waals surface area (Å²) in [6.07, 6.45) is 0. The van der Waals surface area contributed by atoms with E-state index in [0.29, 0.717) is 16.9 Å². The van der Waals surface area contributed by atoms with E-state index in [2.05, 4.69) is 0 Å². The van der Waals surface area contributed by atoms with Crippen LogP contribution in [0, 0.1) is 0 Å². The van der Waals surface area contributed by atoms with E-state index in [1.165, 1.54) is 0 Å². The number of ketones is 1. The van der Waals surface area contributed by atoms with Crippen molar-refractivity contribution in [2.45, 2.75) is 0 Å². The molecule has 0 unspecified atom stereocenters. The number of hydrogen-bond donors (Lipinski definition) is 0. The molecule has 0 bridgehead atoms. The molecule has 0 amide bonds. The van der Waals surface area contributed by atoms with Crippen molar-refractivity contribution in [3.8, 4) is 5.75 Å². The van der Waals surface area contributed by atoms with E-state index in [9.17, 15) is 4.79 Å². The fourth-order valence-corrected chi connectivity index (χ4v) is 1.80. The van der Waals surface area contributed by atoms with E-state index < -0.39 is 0 Å². The van der Waals surface area contributed by atoms with Crippen molar-refractivity contribution >= 4 is 23.4 Å². The van der Waals surface area contributed by atoms with E-state index in [1.807, 2.05) is 18.2 Å². The smallest absolute Gasteiger partial charge is 0.193 e. The van der Waals surface area contributed by atoms with Crippen LogP contribution in [0.2, 0.25) is 0 Å². The zero-order chi connectivity index (χ0) is 13.0.